The smallest absolute Gasteiger partial charge is 0.101 e. The van der Waals surface area contributed by atoms with E-state index in [4.69, 9.17) is 46.4 Å². The van der Waals surface area contributed by atoms with Crippen LogP contribution in [0.3, 0.4) is 0 Å². The van der Waals surface area contributed by atoms with Crippen LogP contribution in [0.1, 0.15) is 32.1 Å². The summed E-state index contributed by atoms with van der Waals surface area (Å²) < 4.78 is -1.09. The molecule has 0 aliphatic heterocycles. The first-order chi connectivity index (χ1) is 5.87. The van der Waals surface area contributed by atoms with Crippen molar-refractivity contribution in [2.24, 2.45) is 10.8 Å². The predicted molar refractivity (Wildman–Crippen MR) is 56.8 cm³/mol. The number of halogens is 4. The van der Waals surface area contributed by atoms with E-state index < -0.39 is 8.67 Å². The number of hydrogen-bond donors (Lipinski definition) is 0. The van der Waals surface area contributed by atoms with E-state index in [2.05, 4.69) is 0 Å². The molecule has 0 aromatic carbocycles. The zero-order valence-electron chi connectivity index (χ0n) is 7.05. The van der Waals surface area contributed by atoms with Crippen molar-refractivity contribution in [1.29, 1.82) is 0 Å². The zero-order chi connectivity index (χ0) is 9.54. The fraction of sp³-hybridized carbons (Fsp3) is 1.00. The minimum atomic E-state index is -0.547. The summed E-state index contributed by atoms with van der Waals surface area (Å²) in [5.41, 5.74) is 0.0965. The Kier molecular flexibility index (Phi) is 1.55. The molecule has 3 saturated carbocycles. The zero-order valence-corrected chi connectivity index (χ0v) is 10.1. The highest BCUT2D eigenvalue weighted by Crippen LogP contribution is 2.89. The van der Waals surface area contributed by atoms with E-state index in [0.717, 1.165) is 25.7 Å². The summed E-state index contributed by atoms with van der Waals surface area (Å²) in [4.78, 5) is 0. The molecule has 0 aromatic heterocycles. The van der Waals surface area contributed by atoms with Crippen molar-refractivity contribution < 1.29 is 0 Å². The van der Waals surface area contributed by atoms with Gasteiger partial charge in [-0.05, 0) is 25.7 Å². The van der Waals surface area contributed by atoms with Crippen LogP contribution in [-0.2, 0) is 0 Å². The Morgan fingerprint density at radius 1 is 0.692 bits per heavy atom. The standard InChI is InChI=1S/C9H10Cl4/c10-8(11)4-6(8)2-1-3-7(6)5-9(7,12)13/h1-5H2/t6-,7-/m1/s1. The number of rotatable bonds is 0. The van der Waals surface area contributed by atoms with Gasteiger partial charge in [0.15, 0.2) is 0 Å². The van der Waals surface area contributed by atoms with Crippen LogP contribution in [0.15, 0.2) is 0 Å². The lowest BCUT2D eigenvalue weighted by Crippen LogP contribution is -2.22. The van der Waals surface area contributed by atoms with Gasteiger partial charge < -0.3 is 0 Å². The molecular formula is C9H10Cl4. The van der Waals surface area contributed by atoms with E-state index in [1.165, 1.54) is 6.42 Å². The first-order valence-electron chi connectivity index (χ1n) is 4.63. The maximum absolute atomic E-state index is 6.20. The molecule has 0 amide bonds. The third-order valence-electron chi connectivity index (χ3n) is 4.32. The summed E-state index contributed by atoms with van der Waals surface area (Å²) in [6.45, 7) is 0. The molecule has 4 heteroatoms. The largest absolute Gasteiger partial charge is 0.125 e. The van der Waals surface area contributed by atoms with Crippen molar-refractivity contribution in [3.8, 4) is 0 Å². The van der Waals surface area contributed by atoms with Crippen LogP contribution in [-0.4, -0.2) is 8.67 Å². The molecule has 0 heterocycles. The Balaban J connectivity index is 2.00. The Morgan fingerprint density at radius 2 is 1.00 bits per heavy atom. The number of alkyl halides is 4. The Hall–Kier alpha value is 1.16. The SMILES string of the molecule is ClC1(Cl)C[C@@]12CCC[C@@]21CC1(Cl)Cl. The third kappa shape index (κ3) is 0.840. The highest BCUT2D eigenvalue weighted by molar-refractivity contribution is 6.54. The Morgan fingerprint density at radius 3 is 1.23 bits per heavy atom. The molecule has 0 radical (unpaired) electrons. The van der Waals surface area contributed by atoms with E-state index in [-0.39, 0.29) is 10.8 Å². The van der Waals surface area contributed by atoms with Crippen molar-refractivity contribution in [2.45, 2.75) is 40.8 Å². The average molecular weight is 260 g/mol. The van der Waals surface area contributed by atoms with Gasteiger partial charge in [0.2, 0.25) is 0 Å². The molecule has 3 fully saturated rings. The van der Waals surface area contributed by atoms with Gasteiger partial charge in [-0.2, -0.15) is 0 Å². The highest BCUT2D eigenvalue weighted by Gasteiger charge is 2.87. The van der Waals surface area contributed by atoms with Gasteiger partial charge in [-0.1, -0.05) is 6.42 Å². The van der Waals surface area contributed by atoms with E-state index in [1.54, 1.807) is 0 Å². The molecule has 3 aliphatic rings. The summed E-state index contributed by atoms with van der Waals surface area (Å²) in [5, 5.41) is 0. The number of hydrogen-bond acceptors (Lipinski definition) is 0. The molecule has 0 N–H and O–H groups in total. The van der Waals surface area contributed by atoms with Crippen LogP contribution < -0.4 is 0 Å². The summed E-state index contributed by atoms with van der Waals surface area (Å²) >= 11 is 24.8. The van der Waals surface area contributed by atoms with Crippen molar-refractivity contribution >= 4 is 46.4 Å². The molecule has 0 saturated heterocycles. The van der Waals surface area contributed by atoms with E-state index in [1.807, 2.05) is 0 Å². The molecule has 13 heavy (non-hydrogen) atoms. The first kappa shape index (κ1) is 9.39. The molecule has 2 spiro atoms. The summed E-state index contributed by atoms with van der Waals surface area (Å²) in [7, 11) is 0. The Bertz CT molecular complexity index is 249. The maximum Gasteiger partial charge on any atom is 0.125 e. The van der Waals surface area contributed by atoms with Gasteiger partial charge in [-0.3, -0.25) is 0 Å². The second-order valence-corrected chi connectivity index (χ2v) is 7.75. The summed E-state index contributed by atoms with van der Waals surface area (Å²) in [5.74, 6) is 0. The molecule has 0 bridgehead atoms. The lowest BCUT2D eigenvalue weighted by Gasteiger charge is -2.21. The van der Waals surface area contributed by atoms with Crippen molar-refractivity contribution in [3.05, 3.63) is 0 Å². The van der Waals surface area contributed by atoms with Crippen LogP contribution in [0.25, 0.3) is 0 Å². The predicted octanol–water partition coefficient (Wildman–Crippen LogP) is 4.30. The van der Waals surface area contributed by atoms with Gasteiger partial charge in [0.1, 0.15) is 8.67 Å². The molecule has 0 nitrogen and oxygen atoms in total. The summed E-state index contributed by atoms with van der Waals surface area (Å²) in [6.07, 6.45) is 5.12. The van der Waals surface area contributed by atoms with Gasteiger partial charge in [-0.15, -0.1) is 46.4 Å². The van der Waals surface area contributed by atoms with E-state index >= 15 is 0 Å². The highest BCUT2D eigenvalue weighted by atomic mass is 35.5. The fourth-order valence-corrected chi connectivity index (χ4v) is 5.44. The van der Waals surface area contributed by atoms with Gasteiger partial charge in [0, 0.05) is 10.8 Å². The topological polar surface area (TPSA) is 0 Å². The van der Waals surface area contributed by atoms with E-state index in [9.17, 15) is 0 Å². The molecular weight excluding hydrogens is 250 g/mol. The second kappa shape index (κ2) is 2.14. The van der Waals surface area contributed by atoms with Gasteiger partial charge in [0.05, 0.1) is 0 Å². The Labute approximate surface area is 97.9 Å². The van der Waals surface area contributed by atoms with Crippen molar-refractivity contribution in [2.75, 3.05) is 0 Å². The molecule has 3 aliphatic carbocycles. The third-order valence-corrected chi connectivity index (χ3v) is 6.30. The maximum atomic E-state index is 6.20. The second-order valence-electron chi connectivity index (χ2n) is 4.78. The summed E-state index contributed by atoms with van der Waals surface area (Å²) in [6, 6.07) is 0. The minimum Gasteiger partial charge on any atom is -0.101 e. The minimum absolute atomic E-state index is 0.0482. The van der Waals surface area contributed by atoms with Crippen LogP contribution in [0.4, 0.5) is 0 Å². The van der Waals surface area contributed by atoms with Crippen molar-refractivity contribution in [3.63, 3.8) is 0 Å². The lowest BCUT2D eigenvalue weighted by atomic mass is 9.89. The molecule has 0 aromatic rings. The quantitative estimate of drug-likeness (QED) is 0.569. The van der Waals surface area contributed by atoms with Gasteiger partial charge >= 0.3 is 0 Å². The van der Waals surface area contributed by atoms with Gasteiger partial charge in [0.25, 0.3) is 0 Å². The fourth-order valence-electron chi connectivity index (χ4n) is 3.42. The first-order valence-corrected chi connectivity index (χ1v) is 6.14. The number of fused-ring (bicyclic) bond motifs is 1. The molecule has 74 valence electrons. The van der Waals surface area contributed by atoms with E-state index in [0.29, 0.717) is 0 Å². The molecule has 2 atom stereocenters. The van der Waals surface area contributed by atoms with Crippen LogP contribution in [0.2, 0.25) is 0 Å². The monoisotopic (exact) mass is 258 g/mol. The van der Waals surface area contributed by atoms with Crippen LogP contribution in [0.5, 0.6) is 0 Å². The van der Waals surface area contributed by atoms with Crippen LogP contribution >= 0.6 is 46.4 Å². The van der Waals surface area contributed by atoms with Gasteiger partial charge in [-0.25, -0.2) is 0 Å². The molecule has 3 rings (SSSR count). The normalized spacial score (nSPS) is 54.5. The van der Waals surface area contributed by atoms with Crippen LogP contribution in [0, 0.1) is 10.8 Å². The lowest BCUT2D eigenvalue weighted by molar-refractivity contribution is 0.330. The molecule has 0 unspecified atom stereocenters. The van der Waals surface area contributed by atoms with Crippen molar-refractivity contribution in [1.82, 2.24) is 0 Å². The average Bonchev–Trinajstić information content (AvgIpc) is 2.60.